The van der Waals surface area contributed by atoms with Crippen molar-refractivity contribution in [3.63, 3.8) is 0 Å². The Labute approximate surface area is 215 Å². The molecular formula is C30H44O6. The highest BCUT2D eigenvalue weighted by Crippen LogP contribution is 2.63. The predicted octanol–water partition coefficient (Wildman–Crippen LogP) is 4.28. The first kappa shape index (κ1) is 27.3. The van der Waals surface area contributed by atoms with E-state index < -0.39 is 41.7 Å². The molecule has 0 bridgehead atoms. The normalized spacial score (nSPS) is 39.4. The summed E-state index contributed by atoms with van der Waals surface area (Å²) in [6.07, 6.45) is 4.14. The molecule has 0 amide bonds. The molecule has 0 heterocycles. The maximum absolute atomic E-state index is 14.4. The van der Waals surface area contributed by atoms with Gasteiger partial charge in [-0.25, -0.2) is 4.79 Å². The molecule has 0 spiro atoms. The van der Waals surface area contributed by atoms with E-state index in [1.54, 1.807) is 19.1 Å². The Kier molecular flexibility index (Phi) is 6.55. The summed E-state index contributed by atoms with van der Waals surface area (Å²) in [6, 6.07) is 0. The van der Waals surface area contributed by atoms with E-state index in [0.29, 0.717) is 11.1 Å². The van der Waals surface area contributed by atoms with E-state index in [4.69, 9.17) is 4.74 Å². The summed E-state index contributed by atoms with van der Waals surface area (Å²) in [4.78, 5) is 28.1. The van der Waals surface area contributed by atoms with E-state index in [1.165, 1.54) is 0 Å². The van der Waals surface area contributed by atoms with Crippen molar-refractivity contribution in [2.75, 3.05) is 6.61 Å². The second-order valence-corrected chi connectivity index (χ2v) is 13.4. The van der Waals surface area contributed by atoms with Gasteiger partial charge in [0.15, 0.2) is 17.5 Å². The van der Waals surface area contributed by atoms with Crippen LogP contribution in [0.2, 0.25) is 0 Å². The van der Waals surface area contributed by atoms with Gasteiger partial charge in [-0.3, -0.25) is 4.79 Å². The van der Waals surface area contributed by atoms with Crippen LogP contribution in [-0.4, -0.2) is 51.5 Å². The largest absolute Gasteiger partial charge is 0.451 e. The molecule has 4 aliphatic rings. The average molecular weight is 501 g/mol. The first-order valence-corrected chi connectivity index (χ1v) is 13.4. The van der Waals surface area contributed by atoms with Crippen molar-refractivity contribution in [2.24, 2.45) is 34.0 Å². The van der Waals surface area contributed by atoms with Crippen LogP contribution in [-0.2, 0) is 14.3 Å². The second kappa shape index (κ2) is 8.64. The molecule has 200 valence electrons. The molecule has 0 aromatic carbocycles. The molecule has 1 saturated carbocycles. The fourth-order valence-electron chi connectivity index (χ4n) is 7.60. The maximum atomic E-state index is 14.4. The number of allylic oxidation sites excluding steroid dienone is 2. The minimum atomic E-state index is -2.13. The summed E-state index contributed by atoms with van der Waals surface area (Å²) in [5.74, 6) is -1.56. The molecule has 0 saturated heterocycles. The number of esters is 1. The van der Waals surface area contributed by atoms with Crippen LogP contribution in [0.1, 0.15) is 81.1 Å². The molecule has 6 atom stereocenters. The molecule has 0 aliphatic heterocycles. The van der Waals surface area contributed by atoms with Crippen LogP contribution in [0.3, 0.4) is 0 Å². The molecule has 6 nitrogen and oxygen atoms in total. The van der Waals surface area contributed by atoms with Gasteiger partial charge in [0.1, 0.15) is 6.10 Å². The van der Waals surface area contributed by atoms with E-state index in [-0.39, 0.29) is 34.0 Å². The van der Waals surface area contributed by atoms with E-state index in [1.807, 2.05) is 34.6 Å². The number of Topliss-reactive ketones (excluding diaryl/α,β-unsaturated/α-hetero) is 1. The molecule has 0 aromatic rings. The van der Waals surface area contributed by atoms with Gasteiger partial charge in [0.25, 0.3) is 0 Å². The van der Waals surface area contributed by atoms with Crippen LogP contribution >= 0.6 is 0 Å². The highest BCUT2D eigenvalue weighted by molar-refractivity contribution is 5.95. The molecule has 3 N–H and O–H groups in total. The minimum absolute atomic E-state index is 0.0389. The van der Waals surface area contributed by atoms with Crippen molar-refractivity contribution in [3.05, 3.63) is 34.4 Å². The van der Waals surface area contributed by atoms with Gasteiger partial charge < -0.3 is 20.1 Å². The maximum Gasteiger partial charge on any atom is 0.335 e. The smallest absolute Gasteiger partial charge is 0.335 e. The standard InChI is InChI=1S/C30H44O6/c1-16(2)29-13-18(4)25(36-26(34)22-17(3)10-9-11-27(22,5)6)30(29,35)23(32)19(15-31)12-20(24(29)33)21-14-28(21,7)8/h12-13,16,20-21,23,25,31-32,35H,9-11,14-15H2,1-8H3/t20-,21?,23+,25-,29-,30-/m0/s1. The zero-order valence-electron chi connectivity index (χ0n) is 23.1. The fraction of sp³-hybridized carbons (Fsp3) is 0.733. The third-order valence-electron chi connectivity index (χ3n) is 9.81. The highest BCUT2D eigenvalue weighted by atomic mass is 16.6. The summed E-state index contributed by atoms with van der Waals surface area (Å²) in [5.41, 5.74) is -1.67. The summed E-state index contributed by atoms with van der Waals surface area (Å²) in [6.45, 7) is 15.2. The van der Waals surface area contributed by atoms with Crippen molar-refractivity contribution >= 4 is 11.8 Å². The van der Waals surface area contributed by atoms with Gasteiger partial charge >= 0.3 is 5.97 Å². The van der Waals surface area contributed by atoms with Crippen LogP contribution in [0.5, 0.6) is 0 Å². The molecule has 6 heteroatoms. The Balaban J connectivity index is 1.83. The molecule has 0 aromatic heterocycles. The Morgan fingerprint density at radius 1 is 1.19 bits per heavy atom. The SMILES string of the molecule is CC1=C[C@]2(C(C)C)C(=O)[C@H](C3CC3(C)C)C=C(CO)[C@@H](O)[C@]2(O)[C@H]1OC(=O)C1=C(C)CCCC1(C)C. The number of ether oxygens (including phenoxy) is 1. The lowest BCUT2D eigenvalue weighted by Crippen LogP contribution is -2.65. The third-order valence-corrected chi connectivity index (χ3v) is 9.81. The van der Waals surface area contributed by atoms with Gasteiger partial charge in [0.05, 0.1) is 12.0 Å². The summed E-state index contributed by atoms with van der Waals surface area (Å²) >= 11 is 0. The number of carbonyl (C=O) groups is 2. The van der Waals surface area contributed by atoms with Gasteiger partial charge in [-0.2, -0.15) is 0 Å². The van der Waals surface area contributed by atoms with Crippen LogP contribution < -0.4 is 0 Å². The van der Waals surface area contributed by atoms with Crippen molar-refractivity contribution in [2.45, 2.75) is 98.9 Å². The van der Waals surface area contributed by atoms with Crippen LogP contribution in [0, 0.1) is 34.0 Å². The van der Waals surface area contributed by atoms with Crippen molar-refractivity contribution < 1.29 is 29.6 Å². The first-order chi connectivity index (χ1) is 16.6. The van der Waals surface area contributed by atoms with Crippen molar-refractivity contribution in [3.8, 4) is 0 Å². The lowest BCUT2D eigenvalue weighted by Gasteiger charge is -2.48. The summed E-state index contributed by atoms with van der Waals surface area (Å²) in [5, 5.41) is 34.4. The number of ketones is 1. The molecular weight excluding hydrogens is 456 g/mol. The van der Waals surface area contributed by atoms with E-state index in [9.17, 15) is 24.9 Å². The Morgan fingerprint density at radius 3 is 2.31 bits per heavy atom. The topological polar surface area (TPSA) is 104 Å². The molecule has 0 radical (unpaired) electrons. The Morgan fingerprint density at radius 2 is 1.81 bits per heavy atom. The van der Waals surface area contributed by atoms with Gasteiger partial charge in [-0.1, -0.05) is 59.3 Å². The third kappa shape index (κ3) is 3.70. The van der Waals surface area contributed by atoms with E-state index in [2.05, 4.69) is 13.8 Å². The quantitative estimate of drug-likeness (QED) is 0.384. The number of carbonyl (C=O) groups excluding carboxylic acids is 2. The molecule has 1 unspecified atom stereocenters. The summed E-state index contributed by atoms with van der Waals surface area (Å²) < 4.78 is 6.10. The number of fused-ring (bicyclic) bond motifs is 1. The van der Waals surface area contributed by atoms with E-state index in [0.717, 1.165) is 31.3 Å². The number of aliphatic hydroxyl groups excluding tert-OH is 2. The number of rotatable bonds is 5. The summed E-state index contributed by atoms with van der Waals surface area (Å²) in [7, 11) is 0. The lowest BCUT2D eigenvalue weighted by atomic mass is 9.59. The molecule has 1 fully saturated rings. The van der Waals surface area contributed by atoms with E-state index >= 15 is 0 Å². The van der Waals surface area contributed by atoms with Crippen molar-refractivity contribution in [1.82, 2.24) is 0 Å². The highest BCUT2D eigenvalue weighted by Gasteiger charge is 2.72. The molecule has 4 aliphatic carbocycles. The Hall–Kier alpha value is -1.76. The van der Waals surface area contributed by atoms with Gasteiger partial charge in [0.2, 0.25) is 0 Å². The van der Waals surface area contributed by atoms with Crippen LogP contribution in [0.15, 0.2) is 34.4 Å². The zero-order valence-corrected chi connectivity index (χ0v) is 23.1. The number of hydrogen-bond donors (Lipinski definition) is 3. The minimum Gasteiger partial charge on any atom is -0.451 e. The fourth-order valence-corrected chi connectivity index (χ4v) is 7.60. The van der Waals surface area contributed by atoms with Crippen molar-refractivity contribution in [1.29, 1.82) is 0 Å². The lowest BCUT2D eigenvalue weighted by molar-refractivity contribution is -0.201. The second-order valence-electron chi connectivity index (χ2n) is 13.4. The average Bonchev–Trinajstić information content (AvgIpc) is 3.34. The molecule has 4 rings (SSSR count). The molecule has 36 heavy (non-hydrogen) atoms. The van der Waals surface area contributed by atoms with Gasteiger partial charge in [-0.15, -0.1) is 0 Å². The van der Waals surface area contributed by atoms with Gasteiger partial charge in [0, 0.05) is 11.5 Å². The zero-order chi connectivity index (χ0) is 27.0. The number of aliphatic hydroxyl groups is 3. The van der Waals surface area contributed by atoms with Gasteiger partial charge in [-0.05, 0) is 73.3 Å². The Bertz CT molecular complexity index is 1060. The monoisotopic (exact) mass is 500 g/mol. The van der Waals surface area contributed by atoms with Crippen LogP contribution in [0.4, 0.5) is 0 Å². The first-order valence-electron chi connectivity index (χ1n) is 13.4. The predicted molar refractivity (Wildman–Crippen MR) is 138 cm³/mol. The number of hydrogen-bond acceptors (Lipinski definition) is 6. The van der Waals surface area contributed by atoms with Crippen LogP contribution in [0.25, 0.3) is 0 Å².